The van der Waals surface area contributed by atoms with E-state index in [1.54, 1.807) is 0 Å². The van der Waals surface area contributed by atoms with Gasteiger partial charge in [-0.15, -0.1) is 11.8 Å². The summed E-state index contributed by atoms with van der Waals surface area (Å²) in [4.78, 5) is 12.0. The molecule has 166 valence electrons. The lowest BCUT2D eigenvalue weighted by atomic mass is 9.68. The van der Waals surface area contributed by atoms with Gasteiger partial charge in [0.2, 0.25) is 0 Å². The summed E-state index contributed by atoms with van der Waals surface area (Å²) < 4.78 is 0. The first-order valence-electron chi connectivity index (χ1n) is 11.3. The molecular weight excluding hydrogens is 424 g/mol. The molecule has 33 heavy (non-hydrogen) atoms. The molecule has 0 aliphatic carbocycles. The quantitative estimate of drug-likeness (QED) is 0.204. The van der Waals surface area contributed by atoms with E-state index in [1.165, 1.54) is 21.6 Å². The highest BCUT2D eigenvalue weighted by atomic mass is 32.2. The number of hydrogen-bond acceptors (Lipinski definition) is 2. The van der Waals surface area contributed by atoms with Gasteiger partial charge in [0.25, 0.3) is 0 Å². The van der Waals surface area contributed by atoms with Gasteiger partial charge in [-0.3, -0.25) is 4.79 Å². The Labute approximate surface area is 200 Å². The molecule has 0 saturated heterocycles. The van der Waals surface area contributed by atoms with Crippen LogP contribution in [0, 0.1) is 0 Å². The van der Waals surface area contributed by atoms with Gasteiger partial charge in [-0.2, -0.15) is 0 Å². The number of thioether (sulfide) groups is 1. The lowest BCUT2D eigenvalue weighted by molar-refractivity contribution is -0.136. The molecule has 4 aromatic rings. The van der Waals surface area contributed by atoms with Crippen molar-refractivity contribution in [1.29, 1.82) is 0 Å². The maximum absolute atomic E-state index is 10.8. The molecule has 0 aliphatic rings. The maximum Gasteiger partial charge on any atom is 0.303 e. The van der Waals surface area contributed by atoms with Crippen LogP contribution in [-0.4, -0.2) is 16.8 Å². The van der Waals surface area contributed by atoms with Gasteiger partial charge in [0, 0.05) is 16.7 Å². The Morgan fingerprint density at radius 3 is 1.55 bits per heavy atom. The molecule has 2 nitrogen and oxygen atoms in total. The van der Waals surface area contributed by atoms with Gasteiger partial charge in [-0.05, 0) is 53.0 Å². The van der Waals surface area contributed by atoms with Gasteiger partial charge < -0.3 is 5.11 Å². The van der Waals surface area contributed by atoms with Gasteiger partial charge in [-0.1, -0.05) is 103 Å². The smallest absolute Gasteiger partial charge is 0.303 e. The van der Waals surface area contributed by atoms with E-state index in [0.29, 0.717) is 6.42 Å². The predicted molar refractivity (Wildman–Crippen MR) is 137 cm³/mol. The van der Waals surface area contributed by atoms with Crippen molar-refractivity contribution in [1.82, 2.24) is 0 Å². The summed E-state index contributed by atoms with van der Waals surface area (Å²) >= 11 is 1.85. The highest BCUT2D eigenvalue weighted by molar-refractivity contribution is 7.99. The highest BCUT2D eigenvalue weighted by Crippen LogP contribution is 2.43. The number of hydrogen-bond donors (Lipinski definition) is 1. The fraction of sp³-hybridized carbons (Fsp3) is 0.167. The second kappa shape index (κ2) is 11.0. The van der Waals surface area contributed by atoms with Crippen LogP contribution < -0.4 is 0 Å². The number of benzene rings is 4. The normalized spacial score (nSPS) is 11.3. The fourth-order valence-electron chi connectivity index (χ4n) is 4.43. The van der Waals surface area contributed by atoms with E-state index < -0.39 is 5.97 Å². The van der Waals surface area contributed by atoms with Gasteiger partial charge in [0.05, 0.1) is 0 Å². The molecule has 0 amide bonds. The number of carboxylic acids is 1. The Morgan fingerprint density at radius 1 is 0.667 bits per heavy atom. The van der Waals surface area contributed by atoms with Crippen molar-refractivity contribution in [2.75, 3.05) is 5.75 Å². The Balaban J connectivity index is 1.61. The lowest BCUT2D eigenvalue weighted by Gasteiger charge is -2.36. The number of aliphatic carboxylic acids is 1. The minimum absolute atomic E-state index is 0.167. The zero-order chi connectivity index (χ0) is 22.9. The summed E-state index contributed by atoms with van der Waals surface area (Å²) in [5.41, 5.74) is 4.72. The molecule has 0 unspecified atom stereocenters. The summed E-state index contributed by atoms with van der Waals surface area (Å²) in [6, 6.07) is 40.7. The van der Waals surface area contributed by atoms with Gasteiger partial charge >= 0.3 is 5.97 Å². The molecule has 1 N–H and O–H groups in total. The van der Waals surface area contributed by atoms with Crippen molar-refractivity contribution < 1.29 is 9.90 Å². The lowest BCUT2D eigenvalue weighted by Crippen LogP contribution is -2.30. The molecule has 0 atom stereocenters. The van der Waals surface area contributed by atoms with E-state index in [9.17, 15) is 4.79 Å². The summed E-state index contributed by atoms with van der Waals surface area (Å²) in [6.07, 6.45) is 1.69. The zero-order valence-corrected chi connectivity index (χ0v) is 19.4. The van der Waals surface area contributed by atoms with Crippen LogP contribution in [0.2, 0.25) is 0 Å². The minimum atomic E-state index is -0.757. The number of carbonyl (C=O) groups is 1. The number of aryl methyl sites for hydroxylation is 1. The predicted octanol–water partition coefficient (Wildman–Crippen LogP) is 7.22. The first-order chi connectivity index (χ1) is 16.2. The molecule has 4 rings (SSSR count). The average Bonchev–Trinajstić information content (AvgIpc) is 2.88. The van der Waals surface area contributed by atoms with E-state index in [4.69, 9.17) is 5.11 Å². The van der Waals surface area contributed by atoms with Crippen molar-refractivity contribution in [2.45, 2.75) is 29.6 Å². The summed E-state index contributed by atoms with van der Waals surface area (Å²) in [7, 11) is 0. The molecule has 0 saturated carbocycles. The van der Waals surface area contributed by atoms with Crippen molar-refractivity contribution in [3.8, 4) is 0 Å². The van der Waals surface area contributed by atoms with Crippen LogP contribution in [0.1, 0.15) is 35.1 Å². The van der Waals surface area contributed by atoms with Crippen LogP contribution in [0.5, 0.6) is 0 Å². The first-order valence-corrected chi connectivity index (χ1v) is 12.3. The molecule has 0 aliphatic heterocycles. The Kier molecular flexibility index (Phi) is 7.64. The third-order valence-electron chi connectivity index (χ3n) is 6.10. The van der Waals surface area contributed by atoms with E-state index in [0.717, 1.165) is 17.7 Å². The molecule has 0 fully saturated rings. The maximum atomic E-state index is 10.8. The molecule has 0 radical (unpaired) electrons. The molecule has 0 aromatic heterocycles. The summed E-state index contributed by atoms with van der Waals surface area (Å²) in [6.45, 7) is 0. The standard InChI is InChI=1S/C30H28O2S/c31-29(32)21-18-24-16-19-28(20-17-24)33-23-22-30(25-10-4-1-5-11-25,26-12-6-2-7-13-26)27-14-8-3-9-15-27/h1-17,19-20H,18,21-23H2,(H,31,32). The molecule has 0 heterocycles. The van der Waals surface area contributed by atoms with Crippen LogP contribution in [0.15, 0.2) is 120 Å². The molecular formula is C30H28O2S. The van der Waals surface area contributed by atoms with Crippen molar-refractivity contribution >= 4 is 17.7 Å². The Morgan fingerprint density at radius 2 is 1.12 bits per heavy atom. The molecule has 0 bridgehead atoms. The zero-order valence-electron chi connectivity index (χ0n) is 18.6. The fourth-order valence-corrected chi connectivity index (χ4v) is 5.40. The Hall–Kier alpha value is -3.30. The second-order valence-electron chi connectivity index (χ2n) is 8.14. The summed E-state index contributed by atoms with van der Waals surface area (Å²) in [5, 5.41) is 8.90. The van der Waals surface area contributed by atoms with Crippen molar-refractivity contribution in [2.24, 2.45) is 0 Å². The third kappa shape index (κ3) is 5.55. The van der Waals surface area contributed by atoms with Gasteiger partial charge in [-0.25, -0.2) is 0 Å². The van der Waals surface area contributed by atoms with E-state index in [2.05, 4.69) is 103 Å². The van der Waals surface area contributed by atoms with Gasteiger partial charge in [0.1, 0.15) is 0 Å². The van der Waals surface area contributed by atoms with Crippen molar-refractivity contribution in [3.05, 3.63) is 138 Å². The van der Waals surface area contributed by atoms with Crippen molar-refractivity contribution in [3.63, 3.8) is 0 Å². The molecule has 4 aromatic carbocycles. The summed E-state index contributed by atoms with van der Waals surface area (Å²) in [5.74, 6) is 0.195. The Bertz CT molecular complexity index is 1040. The molecule has 0 spiro atoms. The number of carboxylic acid groups (broad SMARTS) is 1. The third-order valence-corrected chi connectivity index (χ3v) is 7.11. The molecule has 3 heteroatoms. The largest absolute Gasteiger partial charge is 0.481 e. The van der Waals surface area contributed by atoms with E-state index >= 15 is 0 Å². The monoisotopic (exact) mass is 452 g/mol. The SMILES string of the molecule is O=C(O)CCc1ccc(SCCC(c2ccccc2)(c2ccccc2)c2ccccc2)cc1. The van der Waals surface area contributed by atoms with Crippen LogP contribution in [0.3, 0.4) is 0 Å². The number of rotatable bonds is 10. The second-order valence-corrected chi connectivity index (χ2v) is 9.31. The van der Waals surface area contributed by atoms with Gasteiger partial charge in [0.15, 0.2) is 0 Å². The highest BCUT2D eigenvalue weighted by Gasteiger charge is 2.35. The van der Waals surface area contributed by atoms with E-state index in [-0.39, 0.29) is 11.8 Å². The van der Waals surface area contributed by atoms with E-state index in [1.807, 2.05) is 23.9 Å². The first kappa shape index (κ1) is 22.9. The van der Waals surface area contributed by atoms with Crippen LogP contribution in [0.25, 0.3) is 0 Å². The average molecular weight is 453 g/mol. The van der Waals surface area contributed by atoms with Crippen LogP contribution >= 0.6 is 11.8 Å². The van der Waals surface area contributed by atoms with Crippen LogP contribution in [-0.2, 0) is 16.6 Å². The topological polar surface area (TPSA) is 37.3 Å². The van der Waals surface area contributed by atoms with Crippen LogP contribution in [0.4, 0.5) is 0 Å². The minimum Gasteiger partial charge on any atom is -0.481 e.